The van der Waals surface area contributed by atoms with Crippen LogP contribution in [-0.2, 0) is 4.79 Å². The largest absolute Gasteiger partial charge is 0.478 e. The van der Waals surface area contributed by atoms with Crippen molar-refractivity contribution in [2.45, 2.75) is 13.8 Å². The van der Waals surface area contributed by atoms with Gasteiger partial charge in [-0.05, 0) is 31.0 Å². The van der Waals surface area contributed by atoms with Crippen molar-refractivity contribution in [3.8, 4) is 0 Å². The zero-order valence-corrected chi connectivity index (χ0v) is 8.95. The minimum absolute atomic E-state index is 0.524. The summed E-state index contributed by atoms with van der Waals surface area (Å²) in [6.45, 7) is 4.61. The summed E-state index contributed by atoms with van der Waals surface area (Å²) < 4.78 is 0. The fourth-order valence-electron chi connectivity index (χ4n) is 1.27. The van der Waals surface area contributed by atoms with Gasteiger partial charge in [0.1, 0.15) is 0 Å². The molecule has 0 aliphatic carbocycles. The molecule has 0 aliphatic heterocycles. The highest BCUT2D eigenvalue weighted by Crippen LogP contribution is 2.17. The summed E-state index contributed by atoms with van der Waals surface area (Å²) in [7, 11) is 0. The molecule has 3 heteroatoms. The van der Waals surface area contributed by atoms with E-state index in [1.165, 1.54) is 11.1 Å². The van der Waals surface area contributed by atoms with Crippen molar-refractivity contribution in [1.82, 2.24) is 0 Å². The van der Waals surface area contributed by atoms with Gasteiger partial charge in [-0.15, -0.1) is 0 Å². The highest BCUT2D eigenvalue weighted by Gasteiger charge is 1.97. The first-order valence-corrected chi connectivity index (χ1v) is 4.81. The average Bonchev–Trinajstić information content (AvgIpc) is 2.18. The third kappa shape index (κ3) is 3.46. The van der Waals surface area contributed by atoms with E-state index in [1.807, 2.05) is 32.0 Å². The minimum atomic E-state index is -0.919. The van der Waals surface area contributed by atoms with E-state index < -0.39 is 5.97 Å². The fraction of sp³-hybridized carbons (Fsp3) is 0.250. The third-order valence-electron chi connectivity index (χ3n) is 2.28. The molecule has 0 aromatic heterocycles. The van der Waals surface area contributed by atoms with Gasteiger partial charge in [0.05, 0.1) is 0 Å². The van der Waals surface area contributed by atoms with E-state index in [0.717, 1.165) is 11.8 Å². The number of hydrogen-bond donors (Lipinski definition) is 2. The zero-order chi connectivity index (χ0) is 11.3. The highest BCUT2D eigenvalue weighted by molar-refractivity contribution is 5.79. The van der Waals surface area contributed by atoms with E-state index in [2.05, 4.69) is 5.32 Å². The molecule has 0 spiro atoms. The van der Waals surface area contributed by atoms with Crippen LogP contribution in [0.1, 0.15) is 11.1 Å². The maximum atomic E-state index is 10.2. The van der Waals surface area contributed by atoms with Crippen molar-refractivity contribution >= 4 is 11.7 Å². The number of rotatable bonds is 4. The molecule has 0 fully saturated rings. The molecule has 0 saturated carbocycles. The number of aryl methyl sites for hydroxylation is 1. The lowest BCUT2D eigenvalue weighted by Gasteiger charge is -2.09. The Hall–Kier alpha value is -1.77. The van der Waals surface area contributed by atoms with Crippen molar-refractivity contribution in [2.24, 2.45) is 0 Å². The second kappa shape index (κ2) is 5.20. The molecule has 0 heterocycles. The normalized spacial score (nSPS) is 10.5. The fourth-order valence-corrected chi connectivity index (χ4v) is 1.27. The van der Waals surface area contributed by atoms with Crippen LogP contribution >= 0.6 is 0 Å². The lowest BCUT2D eigenvalue weighted by atomic mass is 10.1. The molecule has 15 heavy (non-hydrogen) atoms. The van der Waals surface area contributed by atoms with E-state index in [0.29, 0.717) is 6.54 Å². The van der Waals surface area contributed by atoms with Crippen LogP contribution in [0.25, 0.3) is 0 Å². The lowest BCUT2D eigenvalue weighted by molar-refractivity contribution is -0.131. The molecule has 0 atom stereocenters. The predicted octanol–water partition coefficient (Wildman–Crippen LogP) is 2.36. The average molecular weight is 205 g/mol. The first kappa shape index (κ1) is 11.3. The molecule has 0 saturated heterocycles. The van der Waals surface area contributed by atoms with Gasteiger partial charge in [-0.2, -0.15) is 0 Å². The van der Waals surface area contributed by atoms with Gasteiger partial charge in [0.25, 0.3) is 0 Å². The van der Waals surface area contributed by atoms with Gasteiger partial charge in [-0.3, -0.25) is 0 Å². The second-order valence-electron chi connectivity index (χ2n) is 3.37. The van der Waals surface area contributed by atoms with Crippen LogP contribution in [0, 0.1) is 13.8 Å². The number of carboxylic acids is 1. The molecule has 80 valence electrons. The van der Waals surface area contributed by atoms with Crippen LogP contribution in [0.4, 0.5) is 5.69 Å². The Morgan fingerprint density at radius 2 is 2.20 bits per heavy atom. The maximum Gasteiger partial charge on any atom is 0.328 e. The number of anilines is 1. The second-order valence-corrected chi connectivity index (χ2v) is 3.37. The Labute approximate surface area is 89.4 Å². The number of benzene rings is 1. The molecule has 0 radical (unpaired) electrons. The van der Waals surface area contributed by atoms with Crippen LogP contribution in [-0.4, -0.2) is 17.6 Å². The van der Waals surface area contributed by atoms with Gasteiger partial charge in [0.2, 0.25) is 0 Å². The molecule has 0 unspecified atom stereocenters. The summed E-state index contributed by atoms with van der Waals surface area (Å²) in [6.07, 6.45) is 2.72. The van der Waals surface area contributed by atoms with Crippen LogP contribution in [0.2, 0.25) is 0 Å². The highest BCUT2D eigenvalue weighted by atomic mass is 16.4. The van der Waals surface area contributed by atoms with E-state index in [9.17, 15) is 4.79 Å². The summed E-state index contributed by atoms with van der Waals surface area (Å²) >= 11 is 0. The van der Waals surface area contributed by atoms with Crippen LogP contribution in [0.15, 0.2) is 30.4 Å². The lowest BCUT2D eigenvalue weighted by Crippen LogP contribution is -2.01. The first-order chi connectivity index (χ1) is 7.11. The topological polar surface area (TPSA) is 49.3 Å². The molecule has 1 aromatic carbocycles. The molecular formula is C12H15NO2. The summed E-state index contributed by atoms with van der Waals surface area (Å²) in [6, 6.07) is 6.01. The van der Waals surface area contributed by atoms with Crippen molar-refractivity contribution < 1.29 is 9.90 Å². The van der Waals surface area contributed by atoms with E-state index in [-0.39, 0.29) is 0 Å². The first-order valence-electron chi connectivity index (χ1n) is 4.81. The monoisotopic (exact) mass is 205 g/mol. The number of nitrogens with one attached hydrogen (secondary N) is 1. The molecule has 0 aliphatic rings. The van der Waals surface area contributed by atoms with E-state index in [4.69, 9.17) is 5.11 Å². The van der Waals surface area contributed by atoms with Crippen LogP contribution in [0.5, 0.6) is 0 Å². The molecule has 3 nitrogen and oxygen atoms in total. The molecule has 0 bridgehead atoms. The van der Waals surface area contributed by atoms with Crippen LogP contribution in [0.3, 0.4) is 0 Å². The Morgan fingerprint density at radius 1 is 1.47 bits per heavy atom. The summed E-state index contributed by atoms with van der Waals surface area (Å²) in [4.78, 5) is 10.2. The Balaban J connectivity index is 2.58. The molecule has 1 rings (SSSR count). The summed E-state index contributed by atoms with van der Waals surface area (Å²) in [5.41, 5.74) is 3.47. The van der Waals surface area contributed by atoms with Crippen molar-refractivity contribution in [3.05, 3.63) is 41.5 Å². The SMILES string of the molecule is Cc1cccc(NC/C=C/C(=O)O)c1C. The zero-order valence-electron chi connectivity index (χ0n) is 8.95. The third-order valence-corrected chi connectivity index (χ3v) is 2.28. The van der Waals surface area contributed by atoms with Gasteiger partial charge < -0.3 is 10.4 Å². The Morgan fingerprint density at radius 3 is 2.87 bits per heavy atom. The van der Waals surface area contributed by atoms with Gasteiger partial charge in [0, 0.05) is 18.3 Å². The smallest absolute Gasteiger partial charge is 0.328 e. The van der Waals surface area contributed by atoms with E-state index in [1.54, 1.807) is 6.08 Å². The number of carboxylic acid groups (broad SMARTS) is 1. The van der Waals surface area contributed by atoms with Gasteiger partial charge in [-0.25, -0.2) is 4.79 Å². The molecule has 0 amide bonds. The standard InChI is InChI=1S/C12H15NO2/c1-9-5-3-6-11(10(9)2)13-8-4-7-12(14)15/h3-7,13H,8H2,1-2H3,(H,14,15)/b7-4+. The van der Waals surface area contributed by atoms with Crippen molar-refractivity contribution in [3.63, 3.8) is 0 Å². The maximum absolute atomic E-state index is 10.2. The molecular weight excluding hydrogens is 190 g/mol. The summed E-state index contributed by atoms with van der Waals surface area (Å²) in [5, 5.41) is 11.6. The number of hydrogen-bond acceptors (Lipinski definition) is 2. The predicted molar refractivity (Wildman–Crippen MR) is 61.2 cm³/mol. The van der Waals surface area contributed by atoms with Gasteiger partial charge in [-0.1, -0.05) is 18.2 Å². The quantitative estimate of drug-likeness (QED) is 0.742. The Bertz CT molecular complexity index is 383. The van der Waals surface area contributed by atoms with E-state index >= 15 is 0 Å². The van der Waals surface area contributed by atoms with Gasteiger partial charge in [0.15, 0.2) is 0 Å². The van der Waals surface area contributed by atoms with Crippen molar-refractivity contribution in [2.75, 3.05) is 11.9 Å². The molecule has 1 aromatic rings. The van der Waals surface area contributed by atoms with Crippen molar-refractivity contribution in [1.29, 1.82) is 0 Å². The molecule has 2 N–H and O–H groups in total. The number of carbonyl (C=O) groups is 1. The van der Waals surface area contributed by atoms with Gasteiger partial charge >= 0.3 is 5.97 Å². The number of aliphatic carboxylic acids is 1. The minimum Gasteiger partial charge on any atom is -0.478 e. The van der Waals surface area contributed by atoms with Crippen LogP contribution < -0.4 is 5.32 Å². The summed E-state index contributed by atoms with van der Waals surface area (Å²) in [5.74, 6) is -0.919. The Kier molecular flexibility index (Phi) is 3.92.